The molecule has 0 aliphatic carbocycles. The molecule has 2 aliphatic rings. The van der Waals surface area contributed by atoms with Crippen LogP contribution in [0.4, 0.5) is 0 Å². The second kappa shape index (κ2) is 6.03. The normalized spacial score (nSPS) is 39.1. The SMILES string of the molecule is C[C@@H]1OC2COC(c3ccccc3)O[C@H]2[C@H](C)C1N=[N+]=[N-]. The lowest BCUT2D eigenvalue weighted by atomic mass is 9.86. The van der Waals surface area contributed by atoms with Crippen molar-refractivity contribution in [3.63, 3.8) is 0 Å². The monoisotopic (exact) mass is 289 g/mol. The zero-order chi connectivity index (χ0) is 14.8. The molecule has 1 aromatic carbocycles. The predicted octanol–water partition coefficient (Wildman–Crippen LogP) is 3.20. The van der Waals surface area contributed by atoms with Crippen LogP contribution in [0, 0.1) is 5.92 Å². The molecule has 21 heavy (non-hydrogen) atoms. The van der Waals surface area contributed by atoms with E-state index in [1.54, 1.807) is 0 Å². The van der Waals surface area contributed by atoms with Gasteiger partial charge in [0.05, 0.1) is 24.9 Å². The van der Waals surface area contributed by atoms with Crippen LogP contribution in [-0.4, -0.2) is 31.0 Å². The van der Waals surface area contributed by atoms with Crippen molar-refractivity contribution in [2.75, 3.05) is 6.61 Å². The third-order valence-electron chi connectivity index (χ3n) is 4.24. The number of nitrogens with zero attached hydrogens (tertiary/aromatic N) is 3. The van der Waals surface area contributed by atoms with Crippen LogP contribution in [-0.2, 0) is 14.2 Å². The van der Waals surface area contributed by atoms with E-state index in [9.17, 15) is 0 Å². The zero-order valence-electron chi connectivity index (χ0n) is 12.1. The Balaban J connectivity index is 1.78. The van der Waals surface area contributed by atoms with Crippen molar-refractivity contribution < 1.29 is 14.2 Å². The standard InChI is InChI=1S/C15H19N3O3/c1-9-13(17-18-16)10(2)20-12-8-19-15(21-14(9)12)11-6-4-3-5-7-11/h3-7,9-10,12-15H,8H2,1-2H3/t9-,10+,12?,13?,14+,15?/m1/s1. The van der Waals surface area contributed by atoms with Gasteiger partial charge in [0.2, 0.25) is 0 Å². The fraction of sp³-hybridized carbons (Fsp3) is 0.600. The summed E-state index contributed by atoms with van der Waals surface area (Å²) in [6, 6.07) is 9.62. The van der Waals surface area contributed by atoms with Crippen molar-refractivity contribution >= 4 is 0 Å². The molecule has 3 unspecified atom stereocenters. The van der Waals surface area contributed by atoms with E-state index in [1.807, 2.05) is 44.2 Å². The summed E-state index contributed by atoms with van der Waals surface area (Å²) in [7, 11) is 0. The van der Waals surface area contributed by atoms with E-state index < -0.39 is 6.29 Å². The lowest BCUT2D eigenvalue weighted by molar-refractivity contribution is -0.301. The maximum absolute atomic E-state index is 8.72. The molecule has 0 spiro atoms. The molecule has 2 fully saturated rings. The minimum Gasteiger partial charge on any atom is -0.370 e. The molecule has 0 bridgehead atoms. The first kappa shape index (κ1) is 14.4. The summed E-state index contributed by atoms with van der Waals surface area (Å²) in [5, 5.41) is 3.87. The van der Waals surface area contributed by atoms with Crippen LogP contribution in [0.15, 0.2) is 35.4 Å². The van der Waals surface area contributed by atoms with Crippen molar-refractivity contribution in [1.29, 1.82) is 0 Å². The van der Waals surface area contributed by atoms with E-state index in [0.29, 0.717) is 6.61 Å². The van der Waals surface area contributed by atoms with Crippen LogP contribution in [0.3, 0.4) is 0 Å². The summed E-state index contributed by atoms with van der Waals surface area (Å²) in [5.41, 5.74) is 9.71. The Morgan fingerprint density at radius 1 is 1.19 bits per heavy atom. The first-order chi connectivity index (χ1) is 10.2. The highest BCUT2D eigenvalue weighted by atomic mass is 16.7. The Hall–Kier alpha value is -1.59. The maximum atomic E-state index is 8.72. The zero-order valence-corrected chi connectivity index (χ0v) is 12.1. The summed E-state index contributed by atoms with van der Waals surface area (Å²) in [4.78, 5) is 2.93. The second-order valence-corrected chi connectivity index (χ2v) is 5.61. The van der Waals surface area contributed by atoms with Crippen LogP contribution < -0.4 is 0 Å². The number of rotatable bonds is 2. The van der Waals surface area contributed by atoms with Gasteiger partial charge < -0.3 is 14.2 Å². The number of hydrogen-bond donors (Lipinski definition) is 0. The molecule has 0 aromatic heterocycles. The third kappa shape index (κ3) is 2.76. The Bertz CT molecular complexity index is 532. The highest BCUT2D eigenvalue weighted by molar-refractivity contribution is 5.16. The third-order valence-corrected chi connectivity index (χ3v) is 4.24. The molecule has 112 valence electrons. The van der Waals surface area contributed by atoms with Crippen molar-refractivity contribution in [1.82, 2.24) is 0 Å². The first-order valence-electron chi connectivity index (χ1n) is 7.22. The van der Waals surface area contributed by atoms with Gasteiger partial charge in [-0.2, -0.15) is 0 Å². The van der Waals surface area contributed by atoms with E-state index in [0.717, 1.165) is 5.56 Å². The fourth-order valence-corrected chi connectivity index (χ4v) is 3.15. The molecule has 0 radical (unpaired) electrons. The van der Waals surface area contributed by atoms with Crippen LogP contribution in [0.5, 0.6) is 0 Å². The summed E-state index contributed by atoms with van der Waals surface area (Å²) >= 11 is 0. The minimum absolute atomic E-state index is 0.0877. The average Bonchev–Trinajstić information content (AvgIpc) is 2.52. The van der Waals surface area contributed by atoms with Gasteiger partial charge in [0.15, 0.2) is 6.29 Å². The molecule has 6 nitrogen and oxygen atoms in total. The van der Waals surface area contributed by atoms with Gasteiger partial charge in [0, 0.05) is 10.5 Å². The molecular weight excluding hydrogens is 270 g/mol. The quantitative estimate of drug-likeness (QED) is 0.476. The van der Waals surface area contributed by atoms with Crippen LogP contribution in [0.25, 0.3) is 10.4 Å². The van der Waals surface area contributed by atoms with Gasteiger partial charge >= 0.3 is 0 Å². The van der Waals surface area contributed by atoms with Crippen LogP contribution in [0.1, 0.15) is 25.7 Å². The van der Waals surface area contributed by atoms with Crippen LogP contribution >= 0.6 is 0 Å². The Kier molecular flexibility index (Phi) is 4.12. The molecule has 0 N–H and O–H groups in total. The highest BCUT2D eigenvalue weighted by Crippen LogP contribution is 2.37. The summed E-state index contributed by atoms with van der Waals surface area (Å²) in [6.45, 7) is 4.46. The smallest absolute Gasteiger partial charge is 0.184 e. The molecule has 1 aromatic rings. The van der Waals surface area contributed by atoms with Gasteiger partial charge in [-0.25, -0.2) is 0 Å². The number of azide groups is 1. The molecule has 3 rings (SSSR count). The van der Waals surface area contributed by atoms with Crippen molar-refractivity contribution in [3.8, 4) is 0 Å². The van der Waals surface area contributed by atoms with Gasteiger partial charge in [-0.05, 0) is 18.4 Å². The lowest BCUT2D eigenvalue weighted by Gasteiger charge is -2.47. The maximum Gasteiger partial charge on any atom is 0.184 e. The minimum atomic E-state index is -0.390. The topological polar surface area (TPSA) is 76.5 Å². The fourth-order valence-electron chi connectivity index (χ4n) is 3.15. The number of fused-ring (bicyclic) bond motifs is 1. The molecule has 2 aliphatic heterocycles. The van der Waals surface area contributed by atoms with Gasteiger partial charge in [0.1, 0.15) is 6.10 Å². The molecule has 0 amide bonds. The lowest BCUT2D eigenvalue weighted by Crippen LogP contribution is -2.56. The molecule has 0 saturated carbocycles. The Morgan fingerprint density at radius 2 is 1.95 bits per heavy atom. The largest absolute Gasteiger partial charge is 0.370 e. The van der Waals surface area contributed by atoms with E-state index in [4.69, 9.17) is 19.7 Å². The molecule has 6 heteroatoms. The first-order valence-corrected chi connectivity index (χ1v) is 7.22. The van der Waals surface area contributed by atoms with Crippen molar-refractivity contribution in [3.05, 3.63) is 46.3 Å². The van der Waals surface area contributed by atoms with Gasteiger partial charge in [-0.3, -0.25) is 0 Å². The van der Waals surface area contributed by atoms with E-state index >= 15 is 0 Å². The predicted molar refractivity (Wildman–Crippen MR) is 76.4 cm³/mol. The van der Waals surface area contributed by atoms with Gasteiger partial charge in [0.25, 0.3) is 0 Å². The number of hydrogen-bond acceptors (Lipinski definition) is 4. The van der Waals surface area contributed by atoms with Gasteiger partial charge in [-0.15, -0.1) is 0 Å². The molecular formula is C15H19N3O3. The van der Waals surface area contributed by atoms with E-state index in [-0.39, 0.29) is 30.3 Å². The van der Waals surface area contributed by atoms with E-state index in [2.05, 4.69) is 10.0 Å². The summed E-state index contributed by atoms with van der Waals surface area (Å²) < 4.78 is 17.8. The van der Waals surface area contributed by atoms with E-state index in [1.165, 1.54) is 0 Å². The van der Waals surface area contributed by atoms with Crippen molar-refractivity contribution in [2.24, 2.45) is 11.0 Å². The molecule has 6 atom stereocenters. The number of benzene rings is 1. The van der Waals surface area contributed by atoms with Gasteiger partial charge in [-0.1, -0.05) is 42.4 Å². The summed E-state index contributed by atoms with van der Waals surface area (Å²) in [6.07, 6.45) is -0.757. The second-order valence-electron chi connectivity index (χ2n) is 5.61. The molecule has 2 heterocycles. The average molecular weight is 289 g/mol. The Labute approximate surface area is 123 Å². The Morgan fingerprint density at radius 3 is 2.67 bits per heavy atom. The molecule has 2 saturated heterocycles. The highest BCUT2D eigenvalue weighted by Gasteiger charge is 2.46. The number of ether oxygens (including phenoxy) is 3. The summed E-state index contributed by atoms with van der Waals surface area (Å²) in [5.74, 6) is 0.0877. The van der Waals surface area contributed by atoms with Crippen molar-refractivity contribution in [2.45, 2.75) is 44.5 Å². The van der Waals surface area contributed by atoms with Crippen LogP contribution in [0.2, 0.25) is 0 Å².